The van der Waals surface area contributed by atoms with Crippen molar-refractivity contribution in [3.05, 3.63) is 71.4 Å². The Bertz CT molecular complexity index is 1160. The third-order valence-electron chi connectivity index (χ3n) is 5.72. The molecule has 7 heteroatoms. The number of aryl methyl sites for hydroxylation is 2. The molecule has 0 aliphatic rings. The predicted molar refractivity (Wildman–Crippen MR) is 142 cm³/mol. The first kappa shape index (κ1) is 26.0. The molecule has 0 unspecified atom stereocenters. The van der Waals surface area contributed by atoms with Crippen LogP contribution in [0.15, 0.2) is 54.6 Å². The quantitative estimate of drug-likeness (QED) is 0.424. The van der Waals surface area contributed by atoms with Gasteiger partial charge in [0.1, 0.15) is 12.4 Å². The molecule has 1 aromatic heterocycles. The molecule has 1 heterocycles. The summed E-state index contributed by atoms with van der Waals surface area (Å²) >= 11 is 0. The molecule has 0 bridgehead atoms. The number of nitrogens with zero attached hydrogens (tertiary/aromatic N) is 3. The average molecular weight is 476 g/mol. The Balaban J connectivity index is 1.77. The largest absolute Gasteiger partial charge is 0.322 e. The maximum Gasteiger partial charge on any atom is 0.322 e. The van der Waals surface area contributed by atoms with Crippen LogP contribution in [0, 0.1) is 6.92 Å². The number of rotatable bonds is 8. The van der Waals surface area contributed by atoms with Crippen LogP contribution in [-0.2, 0) is 16.6 Å². The number of hydrogen-bond donors (Lipinski definition) is 2. The van der Waals surface area contributed by atoms with Crippen molar-refractivity contribution in [3.8, 4) is 5.69 Å². The molecule has 35 heavy (non-hydrogen) atoms. The van der Waals surface area contributed by atoms with Crippen molar-refractivity contribution in [2.75, 3.05) is 23.7 Å². The molecule has 0 fully saturated rings. The number of aromatic nitrogens is 2. The van der Waals surface area contributed by atoms with Crippen LogP contribution in [0.1, 0.15) is 57.9 Å². The second-order valence-corrected chi connectivity index (χ2v) is 9.87. The number of urea groups is 1. The summed E-state index contributed by atoms with van der Waals surface area (Å²) in [5.41, 5.74) is 4.57. The van der Waals surface area contributed by atoms with Gasteiger partial charge in [0.05, 0.1) is 11.4 Å². The van der Waals surface area contributed by atoms with E-state index in [9.17, 15) is 9.59 Å². The first-order valence-electron chi connectivity index (χ1n) is 12.2. The maximum atomic E-state index is 13.1. The van der Waals surface area contributed by atoms with Gasteiger partial charge in [0.25, 0.3) is 0 Å². The Morgan fingerprint density at radius 2 is 1.71 bits per heavy atom. The van der Waals surface area contributed by atoms with Gasteiger partial charge in [0, 0.05) is 23.7 Å². The zero-order chi connectivity index (χ0) is 25.6. The van der Waals surface area contributed by atoms with E-state index >= 15 is 0 Å². The minimum atomic E-state index is -0.297. The number of hydrogen-bond acceptors (Lipinski definition) is 3. The molecule has 0 saturated heterocycles. The standard InChI is InChI=1S/C28H37N5O2/c1-7-16-32(27(35)29-22-14-12-21(8-2)13-15-22)19-26(34)30-25-18-24(28(4,5)6)31-33(25)23-11-9-10-20(3)17-23/h9-15,17-18H,7-8,16,19H2,1-6H3,(H,29,35)(H,30,34). The van der Waals surface area contributed by atoms with Gasteiger partial charge >= 0.3 is 6.03 Å². The van der Waals surface area contributed by atoms with Crippen molar-refractivity contribution in [2.45, 2.75) is 59.8 Å². The number of carbonyl (C=O) groups excluding carboxylic acids is 2. The van der Waals surface area contributed by atoms with Crippen LogP contribution >= 0.6 is 0 Å². The Hall–Kier alpha value is -3.61. The highest BCUT2D eigenvalue weighted by Gasteiger charge is 2.23. The average Bonchev–Trinajstić information content (AvgIpc) is 3.23. The molecule has 3 amide bonds. The number of anilines is 2. The van der Waals surface area contributed by atoms with E-state index in [0.29, 0.717) is 18.1 Å². The van der Waals surface area contributed by atoms with Crippen LogP contribution in [0.25, 0.3) is 5.69 Å². The lowest BCUT2D eigenvalue weighted by Crippen LogP contribution is -2.41. The first-order chi connectivity index (χ1) is 16.6. The highest BCUT2D eigenvalue weighted by Crippen LogP contribution is 2.26. The molecule has 3 aromatic rings. The van der Waals surface area contributed by atoms with Gasteiger partial charge in [-0.05, 0) is 55.2 Å². The van der Waals surface area contributed by atoms with Crippen LogP contribution in [0.4, 0.5) is 16.3 Å². The summed E-state index contributed by atoms with van der Waals surface area (Å²) in [4.78, 5) is 27.5. The van der Waals surface area contributed by atoms with E-state index in [2.05, 4.69) is 38.3 Å². The van der Waals surface area contributed by atoms with Crippen molar-refractivity contribution in [2.24, 2.45) is 0 Å². The lowest BCUT2D eigenvalue weighted by molar-refractivity contribution is -0.116. The van der Waals surface area contributed by atoms with Gasteiger partial charge in [-0.3, -0.25) is 4.79 Å². The van der Waals surface area contributed by atoms with Crippen LogP contribution in [0.5, 0.6) is 0 Å². The van der Waals surface area contributed by atoms with E-state index < -0.39 is 0 Å². The molecule has 3 rings (SSSR count). The first-order valence-corrected chi connectivity index (χ1v) is 12.2. The molecule has 0 aliphatic heterocycles. The molecular weight excluding hydrogens is 438 g/mol. The monoisotopic (exact) mass is 475 g/mol. The highest BCUT2D eigenvalue weighted by molar-refractivity contribution is 5.96. The fraction of sp³-hybridized carbons (Fsp3) is 0.393. The van der Waals surface area contributed by atoms with E-state index in [1.54, 1.807) is 4.68 Å². The van der Waals surface area contributed by atoms with Gasteiger partial charge in [0.2, 0.25) is 5.91 Å². The Labute approximate surface area is 208 Å². The fourth-order valence-electron chi connectivity index (χ4n) is 3.70. The molecule has 0 radical (unpaired) electrons. The second kappa shape index (κ2) is 11.2. The number of benzene rings is 2. The van der Waals surface area contributed by atoms with Crippen LogP contribution in [0.2, 0.25) is 0 Å². The van der Waals surface area contributed by atoms with Gasteiger partial charge in [-0.2, -0.15) is 5.10 Å². The molecule has 0 atom stereocenters. The predicted octanol–water partition coefficient (Wildman–Crippen LogP) is 5.92. The smallest absolute Gasteiger partial charge is 0.315 e. The lowest BCUT2D eigenvalue weighted by atomic mass is 9.92. The van der Waals surface area contributed by atoms with Gasteiger partial charge in [-0.25, -0.2) is 9.48 Å². The molecule has 0 saturated carbocycles. The molecule has 186 valence electrons. The third-order valence-corrected chi connectivity index (χ3v) is 5.72. The summed E-state index contributed by atoms with van der Waals surface area (Å²) in [6, 6.07) is 17.3. The minimum Gasteiger partial charge on any atom is -0.315 e. The summed E-state index contributed by atoms with van der Waals surface area (Å²) in [5, 5.41) is 10.7. The van der Waals surface area contributed by atoms with Crippen LogP contribution in [0.3, 0.4) is 0 Å². The third kappa shape index (κ3) is 6.94. The van der Waals surface area contributed by atoms with Gasteiger partial charge in [-0.15, -0.1) is 0 Å². The Kier molecular flexibility index (Phi) is 8.33. The SMILES string of the molecule is CCCN(CC(=O)Nc1cc(C(C)(C)C)nn1-c1cccc(C)c1)C(=O)Nc1ccc(CC)cc1. The van der Waals surface area contributed by atoms with Gasteiger partial charge < -0.3 is 15.5 Å². The van der Waals surface area contributed by atoms with E-state index in [1.807, 2.05) is 68.4 Å². The van der Waals surface area contributed by atoms with E-state index in [1.165, 1.54) is 10.5 Å². The molecule has 0 aliphatic carbocycles. The molecule has 0 spiro atoms. The second-order valence-electron chi connectivity index (χ2n) is 9.87. The van der Waals surface area contributed by atoms with E-state index in [0.717, 1.165) is 29.8 Å². The number of nitrogens with one attached hydrogen (secondary N) is 2. The summed E-state index contributed by atoms with van der Waals surface area (Å²) < 4.78 is 1.75. The van der Waals surface area contributed by atoms with Crippen LogP contribution in [-0.4, -0.2) is 39.7 Å². The molecule has 2 N–H and O–H groups in total. The Morgan fingerprint density at radius 1 is 1.00 bits per heavy atom. The normalized spacial score (nSPS) is 11.3. The molecular formula is C28H37N5O2. The molecule has 2 aromatic carbocycles. The van der Waals surface area contributed by atoms with Crippen LogP contribution < -0.4 is 10.6 Å². The summed E-state index contributed by atoms with van der Waals surface area (Å²) in [7, 11) is 0. The fourth-order valence-corrected chi connectivity index (χ4v) is 3.70. The van der Waals surface area contributed by atoms with Gasteiger partial charge in [0.15, 0.2) is 0 Å². The lowest BCUT2D eigenvalue weighted by Gasteiger charge is -2.22. The Morgan fingerprint density at radius 3 is 2.31 bits per heavy atom. The zero-order valence-electron chi connectivity index (χ0n) is 21.7. The zero-order valence-corrected chi connectivity index (χ0v) is 21.7. The number of amides is 3. The van der Waals surface area contributed by atoms with Crippen molar-refractivity contribution in [1.82, 2.24) is 14.7 Å². The van der Waals surface area contributed by atoms with E-state index in [4.69, 9.17) is 5.10 Å². The van der Waals surface area contributed by atoms with Crippen molar-refractivity contribution in [3.63, 3.8) is 0 Å². The summed E-state index contributed by atoms with van der Waals surface area (Å²) in [5.74, 6) is 0.307. The van der Waals surface area contributed by atoms with Gasteiger partial charge in [-0.1, -0.05) is 58.9 Å². The summed E-state index contributed by atoms with van der Waals surface area (Å²) in [6.07, 6.45) is 1.68. The number of carbonyl (C=O) groups is 2. The highest BCUT2D eigenvalue weighted by atomic mass is 16.2. The van der Waals surface area contributed by atoms with Crippen molar-refractivity contribution >= 4 is 23.4 Å². The van der Waals surface area contributed by atoms with Crippen molar-refractivity contribution < 1.29 is 9.59 Å². The van der Waals surface area contributed by atoms with Crippen molar-refractivity contribution in [1.29, 1.82) is 0 Å². The topological polar surface area (TPSA) is 79.3 Å². The maximum absolute atomic E-state index is 13.1. The minimum absolute atomic E-state index is 0.0590. The molecule has 7 nitrogen and oxygen atoms in total. The van der Waals surface area contributed by atoms with E-state index in [-0.39, 0.29) is 23.9 Å². The summed E-state index contributed by atoms with van der Waals surface area (Å²) in [6.45, 7) is 12.8.